The van der Waals surface area contributed by atoms with Gasteiger partial charge in [-0.25, -0.2) is 0 Å². The fourth-order valence-electron chi connectivity index (χ4n) is 0.627. The molecular weight excluding hydrogens is 120 g/mol. The van der Waals surface area contributed by atoms with Gasteiger partial charge in [-0.15, -0.1) is 0 Å². The molecule has 0 aliphatic heterocycles. The Labute approximate surface area is 52.6 Å². The number of nitrogen functional groups attached to an aromatic ring is 1. The Morgan fingerprint density at radius 2 is 2.33 bits per heavy atom. The van der Waals surface area contributed by atoms with E-state index in [1.54, 1.807) is 6.92 Å². The van der Waals surface area contributed by atoms with E-state index in [4.69, 9.17) is 10.5 Å². The monoisotopic (exact) mass is 128 g/mol. The van der Waals surface area contributed by atoms with Crippen molar-refractivity contribution in [2.24, 2.45) is 0 Å². The number of nitrogens with zero attached hydrogens (tertiary/aromatic N) is 1. The van der Waals surface area contributed by atoms with Gasteiger partial charge in [0.05, 0.1) is 7.11 Å². The average molecular weight is 128 g/mol. The number of methoxy groups -OCH3 is 1. The number of nitrogens with two attached hydrogens (primary N) is 1. The minimum atomic E-state index is 0.231. The highest BCUT2D eigenvalue weighted by atomic mass is 16.5. The SMILES string of the molecule is COc1c(C)noc1N. The summed E-state index contributed by atoms with van der Waals surface area (Å²) in [6.07, 6.45) is 0. The maximum Gasteiger partial charge on any atom is 0.264 e. The lowest BCUT2D eigenvalue weighted by Crippen LogP contribution is -1.88. The van der Waals surface area contributed by atoms with E-state index in [2.05, 4.69) is 9.68 Å². The molecule has 0 atom stereocenters. The van der Waals surface area contributed by atoms with Gasteiger partial charge in [-0.05, 0) is 6.92 Å². The van der Waals surface area contributed by atoms with Crippen LogP contribution in [0.4, 0.5) is 5.88 Å². The molecule has 2 N–H and O–H groups in total. The molecule has 0 unspecified atom stereocenters. The van der Waals surface area contributed by atoms with Crippen molar-refractivity contribution < 1.29 is 9.26 Å². The number of aryl methyl sites for hydroxylation is 1. The maximum atomic E-state index is 5.30. The largest absolute Gasteiger partial charge is 0.490 e. The summed E-state index contributed by atoms with van der Waals surface area (Å²) in [5.74, 6) is 0.755. The lowest BCUT2D eigenvalue weighted by atomic mass is 10.4. The average Bonchev–Trinajstić information content (AvgIpc) is 2.12. The first-order chi connectivity index (χ1) is 4.25. The molecule has 1 aromatic rings. The second-order valence-corrected chi connectivity index (χ2v) is 1.67. The molecule has 0 saturated carbocycles. The van der Waals surface area contributed by atoms with E-state index in [1.807, 2.05) is 0 Å². The van der Waals surface area contributed by atoms with Gasteiger partial charge in [-0.1, -0.05) is 5.16 Å². The van der Waals surface area contributed by atoms with E-state index >= 15 is 0 Å². The first-order valence-electron chi connectivity index (χ1n) is 2.51. The van der Waals surface area contributed by atoms with Crippen LogP contribution in [0.1, 0.15) is 5.69 Å². The molecule has 4 nitrogen and oxygen atoms in total. The summed E-state index contributed by atoms with van der Waals surface area (Å²) >= 11 is 0. The van der Waals surface area contributed by atoms with Gasteiger partial charge < -0.3 is 15.0 Å². The number of hydrogen-bond acceptors (Lipinski definition) is 4. The van der Waals surface area contributed by atoms with E-state index in [1.165, 1.54) is 7.11 Å². The number of hydrogen-bond donors (Lipinski definition) is 1. The third-order valence-electron chi connectivity index (χ3n) is 1.04. The van der Waals surface area contributed by atoms with Gasteiger partial charge >= 0.3 is 0 Å². The summed E-state index contributed by atoms with van der Waals surface area (Å²) in [4.78, 5) is 0. The second-order valence-electron chi connectivity index (χ2n) is 1.67. The lowest BCUT2D eigenvalue weighted by Gasteiger charge is -1.92. The van der Waals surface area contributed by atoms with Crippen LogP contribution in [-0.2, 0) is 0 Å². The lowest BCUT2D eigenvalue weighted by molar-refractivity contribution is 0.403. The van der Waals surface area contributed by atoms with Crippen molar-refractivity contribution in [2.45, 2.75) is 6.92 Å². The summed E-state index contributed by atoms with van der Waals surface area (Å²) in [5, 5.41) is 3.56. The molecule has 1 heterocycles. The van der Waals surface area contributed by atoms with Crippen molar-refractivity contribution >= 4 is 5.88 Å². The molecule has 9 heavy (non-hydrogen) atoms. The van der Waals surface area contributed by atoms with Gasteiger partial charge in [-0.3, -0.25) is 0 Å². The van der Waals surface area contributed by atoms with Crippen LogP contribution in [0.2, 0.25) is 0 Å². The van der Waals surface area contributed by atoms with E-state index < -0.39 is 0 Å². The van der Waals surface area contributed by atoms with Crippen molar-refractivity contribution in [2.75, 3.05) is 12.8 Å². The van der Waals surface area contributed by atoms with Crippen molar-refractivity contribution in [1.82, 2.24) is 5.16 Å². The van der Waals surface area contributed by atoms with E-state index in [0.29, 0.717) is 11.4 Å². The van der Waals surface area contributed by atoms with Crippen LogP contribution < -0.4 is 10.5 Å². The number of anilines is 1. The van der Waals surface area contributed by atoms with Crippen molar-refractivity contribution in [3.8, 4) is 5.75 Å². The molecule has 0 aromatic carbocycles. The van der Waals surface area contributed by atoms with Crippen LogP contribution in [-0.4, -0.2) is 12.3 Å². The highest BCUT2D eigenvalue weighted by Crippen LogP contribution is 2.23. The van der Waals surface area contributed by atoms with Gasteiger partial charge in [-0.2, -0.15) is 0 Å². The predicted octanol–water partition coefficient (Wildman–Crippen LogP) is 0.574. The van der Waals surface area contributed by atoms with Crippen LogP contribution >= 0.6 is 0 Å². The first kappa shape index (κ1) is 5.94. The Kier molecular flexibility index (Phi) is 1.30. The van der Waals surface area contributed by atoms with E-state index in [9.17, 15) is 0 Å². The van der Waals surface area contributed by atoms with Crippen LogP contribution in [0.3, 0.4) is 0 Å². The van der Waals surface area contributed by atoms with E-state index in [0.717, 1.165) is 0 Å². The van der Waals surface area contributed by atoms with Gasteiger partial charge in [0.15, 0.2) is 0 Å². The highest BCUT2D eigenvalue weighted by Gasteiger charge is 2.07. The first-order valence-corrected chi connectivity index (χ1v) is 2.51. The van der Waals surface area contributed by atoms with Crippen molar-refractivity contribution in [3.05, 3.63) is 5.69 Å². The quantitative estimate of drug-likeness (QED) is 0.600. The van der Waals surface area contributed by atoms with Gasteiger partial charge in [0, 0.05) is 0 Å². The third kappa shape index (κ3) is 0.826. The molecule has 0 spiro atoms. The van der Waals surface area contributed by atoms with Crippen molar-refractivity contribution in [3.63, 3.8) is 0 Å². The summed E-state index contributed by atoms with van der Waals surface area (Å²) in [6.45, 7) is 1.76. The molecule has 4 heteroatoms. The Morgan fingerprint density at radius 1 is 1.67 bits per heavy atom. The van der Waals surface area contributed by atoms with Crippen molar-refractivity contribution in [1.29, 1.82) is 0 Å². The van der Waals surface area contributed by atoms with Crippen LogP contribution in [0.15, 0.2) is 4.52 Å². The third-order valence-corrected chi connectivity index (χ3v) is 1.04. The number of aromatic nitrogens is 1. The summed E-state index contributed by atoms with van der Waals surface area (Å²) < 4.78 is 9.42. The summed E-state index contributed by atoms with van der Waals surface area (Å²) in [6, 6.07) is 0. The Balaban J connectivity index is 3.07. The Hall–Kier alpha value is -1.19. The zero-order chi connectivity index (χ0) is 6.85. The summed E-state index contributed by atoms with van der Waals surface area (Å²) in [7, 11) is 1.52. The normalized spacial score (nSPS) is 9.56. The highest BCUT2D eigenvalue weighted by molar-refractivity contribution is 5.45. The standard InChI is InChI=1S/C5H8N2O2/c1-3-4(8-2)5(6)9-7-3/h6H2,1-2H3. The number of rotatable bonds is 1. The zero-order valence-corrected chi connectivity index (χ0v) is 5.34. The molecule has 1 rings (SSSR count). The molecule has 0 radical (unpaired) electrons. The molecule has 0 aliphatic carbocycles. The maximum absolute atomic E-state index is 5.30. The molecule has 50 valence electrons. The molecule has 0 aliphatic rings. The minimum absolute atomic E-state index is 0.231. The molecular formula is C5H8N2O2. The van der Waals surface area contributed by atoms with Crippen LogP contribution in [0.25, 0.3) is 0 Å². The smallest absolute Gasteiger partial charge is 0.264 e. The molecule has 0 fully saturated rings. The van der Waals surface area contributed by atoms with E-state index in [-0.39, 0.29) is 5.88 Å². The van der Waals surface area contributed by atoms with Crippen LogP contribution in [0.5, 0.6) is 5.75 Å². The molecule has 0 amide bonds. The molecule has 1 aromatic heterocycles. The van der Waals surface area contributed by atoms with Gasteiger partial charge in [0.1, 0.15) is 5.69 Å². The predicted molar refractivity (Wildman–Crippen MR) is 32.2 cm³/mol. The topological polar surface area (TPSA) is 61.3 Å². The fraction of sp³-hybridized carbons (Fsp3) is 0.400. The minimum Gasteiger partial charge on any atom is -0.490 e. The Morgan fingerprint density at radius 3 is 2.56 bits per heavy atom. The Bertz CT molecular complexity index is 187. The fourth-order valence-corrected chi connectivity index (χ4v) is 0.627. The molecule has 0 bridgehead atoms. The van der Waals surface area contributed by atoms with Crippen LogP contribution in [0, 0.1) is 6.92 Å². The number of ether oxygens (including phenoxy) is 1. The molecule has 0 saturated heterocycles. The van der Waals surface area contributed by atoms with Gasteiger partial charge in [0.25, 0.3) is 5.88 Å². The van der Waals surface area contributed by atoms with Gasteiger partial charge in [0.2, 0.25) is 5.75 Å². The second kappa shape index (κ2) is 1.97. The zero-order valence-electron chi connectivity index (χ0n) is 5.34. The summed E-state index contributed by atoms with van der Waals surface area (Å²) in [5.41, 5.74) is 5.97.